The molecule has 33 heavy (non-hydrogen) atoms. The lowest BCUT2D eigenvalue weighted by molar-refractivity contribution is -0.384. The molecular weight excluding hydrogens is 420 g/mol. The van der Waals surface area contributed by atoms with Crippen LogP contribution in [0.3, 0.4) is 0 Å². The Morgan fingerprint density at radius 3 is 1.85 bits per heavy atom. The molecule has 0 spiro atoms. The molecule has 1 N–H and O–H groups in total. The molecule has 0 saturated carbocycles. The third kappa shape index (κ3) is 4.67. The van der Waals surface area contributed by atoms with Crippen molar-refractivity contribution in [1.29, 1.82) is 5.26 Å². The monoisotopic (exact) mass is 444 g/mol. The predicted molar refractivity (Wildman–Crippen MR) is 118 cm³/mol. The van der Waals surface area contributed by atoms with E-state index in [9.17, 15) is 5.11 Å². The second-order valence-corrected chi connectivity index (χ2v) is 8.07. The molecule has 0 amide bonds. The molecule has 2 aliphatic heterocycles. The first kappa shape index (κ1) is 21.7. The van der Waals surface area contributed by atoms with Crippen LogP contribution in [0.1, 0.15) is 35.0 Å². The van der Waals surface area contributed by atoms with Gasteiger partial charge in [0.25, 0.3) is 0 Å². The van der Waals surface area contributed by atoms with Crippen LogP contribution >= 0.6 is 0 Å². The first-order valence-electron chi connectivity index (χ1n) is 10.9. The molecule has 2 saturated heterocycles. The molecular formula is C26H24N2O5. The Kier molecular flexibility index (Phi) is 6.44. The normalized spacial score (nSPS) is 29.1. The SMILES string of the molecule is N#Cc1ccc(C[C@H]2OC(c3ccccc3)O[C@H]3[C@H]2OC(c2ccccc2)O[C@@H]3CO)nc1. The van der Waals surface area contributed by atoms with Crippen molar-refractivity contribution in [3.05, 3.63) is 101 Å². The molecule has 1 aromatic heterocycles. The fraction of sp³-hybridized carbons (Fsp3) is 0.308. The summed E-state index contributed by atoms with van der Waals surface area (Å²) in [6.45, 7) is -0.211. The van der Waals surface area contributed by atoms with Crippen LogP contribution in [-0.4, -0.2) is 41.1 Å². The lowest BCUT2D eigenvalue weighted by Crippen LogP contribution is -2.59. The molecule has 2 aromatic carbocycles. The molecule has 3 heterocycles. The van der Waals surface area contributed by atoms with E-state index >= 15 is 0 Å². The van der Waals surface area contributed by atoms with Crippen LogP contribution in [0.25, 0.3) is 0 Å². The van der Waals surface area contributed by atoms with Gasteiger partial charge in [-0.05, 0) is 12.1 Å². The standard InChI is InChI=1S/C26H24N2O5/c27-14-17-11-12-20(28-15-17)13-21-23-24(33-25(30-21)18-7-3-1-4-8-18)22(16-29)31-26(32-23)19-9-5-2-6-10-19/h1-12,15,21-26,29H,13,16H2/t21-,22-,23+,24-,25?,26?/m1/s1. The van der Waals surface area contributed by atoms with E-state index in [0.29, 0.717) is 12.0 Å². The number of benzene rings is 2. The Labute approximate surface area is 192 Å². The molecule has 0 aliphatic carbocycles. The van der Waals surface area contributed by atoms with Crippen LogP contribution < -0.4 is 0 Å². The summed E-state index contributed by atoms with van der Waals surface area (Å²) in [5, 5.41) is 19.2. The maximum absolute atomic E-state index is 10.1. The minimum Gasteiger partial charge on any atom is -0.394 e. The minimum absolute atomic E-state index is 0.211. The number of fused-ring (bicyclic) bond motifs is 1. The lowest BCUT2D eigenvalue weighted by atomic mass is 9.95. The number of pyridine rings is 1. The van der Waals surface area contributed by atoms with Gasteiger partial charge in [-0.15, -0.1) is 0 Å². The molecule has 168 valence electrons. The minimum atomic E-state index is -0.651. The van der Waals surface area contributed by atoms with Crippen LogP contribution in [-0.2, 0) is 25.4 Å². The summed E-state index contributed by atoms with van der Waals surface area (Å²) in [4.78, 5) is 4.42. The number of hydrogen-bond donors (Lipinski definition) is 1. The van der Waals surface area contributed by atoms with E-state index in [1.165, 1.54) is 0 Å². The Hall–Kier alpha value is -3.12. The summed E-state index contributed by atoms with van der Waals surface area (Å²) in [5.74, 6) is 0. The number of rotatable bonds is 5. The van der Waals surface area contributed by atoms with Crippen molar-refractivity contribution >= 4 is 0 Å². The van der Waals surface area contributed by atoms with Crippen molar-refractivity contribution in [3.63, 3.8) is 0 Å². The smallest absolute Gasteiger partial charge is 0.184 e. The van der Waals surface area contributed by atoms with Crippen molar-refractivity contribution in [2.24, 2.45) is 0 Å². The molecule has 7 nitrogen and oxygen atoms in total. The first-order valence-corrected chi connectivity index (χ1v) is 10.9. The third-order valence-electron chi connectivity index (χ3n) is 5.90. The van der Waals surface area contributed by atoms with Gasteiger partial charge < -0.3 is 24.1 Å². The largest absolute Gasteiger partial charge is 0.394 e. The van der Waals surface area contributed by atoms with Gasteiger partial charge in [0.1, 0.15) is 24.4 Å². The molecule has 0 radical (unpaired) electrons. The summed E-state index contributed by atoms with van der Waals surface area (Å²) in [7, 11) is 0. The van der Waals surface area contributed by atoms with Crippen molar-refractivity contribution in [1.82, 2.24) is 4.98 Å². The van der Waals surface area contributed by atoms with Crippen LogP contribution in [0.2, 0.25) is 0 Å². The van der Waals surface area contributed by atoms with Crippen molar-refractivity contribution in [3.8, 4) is 6.07 Å². The topological polar surface area (TPSA) is 93.8 Å². The summed E-state index contributed by atoms with van der Waals surface area (Å²) >= 11 is 0. The van der Waals surface area contributed by atoms with Gasteiger partial charge in [0.2, 0.25) is 0 Å². The Balaban J connectivity index is 1.46. The van der Waals surface area contributed by atoms with E-state index in [2.05, 4.69) is 11.1 Å². The summed E-state index contributed by atoms with van der Waals surface area (Å²) in [6.07, 6.45) is -1.28. The van der Waals surface area contributed by atoms with Gasteiger partial charge in [0.15, 0.2) is 12.6 Å². The average Bonchev–Trinajstić information content (AvgIpc) is 2.89. The zero-order chi connectivity index (χ0) is 22.6. The fourth-order valence-electron chi connectivity index (χ4n) is 4.24. The van der Waals surface area contributed by atoms with Crippen LogP contribution in [0.15, 0.2) is 79.0 Å². The molecule has 6 atom stereocenters. The van der Waals surface area contributed by atoms with Gasteiger partial charge >= 0.3 is 0 Å². The molecule has 2 unspecified atom stereocenters. The van der Waals surface area contributed by atoms with Gasteiger partial charge in [-0.1, -0.05) is 60.7 Å². The predicted octanol–water partition coefficient (Wildman–Crippen LogP) is 3.45. The second kappa shape index (κ2) is 9.79. The Morgan fingerprint density at radius 1 is 0.758 bits per heavy atom. The highest BCUT2D eigenvalue weighted by molar-refractivity contribution is 5.27. The summed E-state index contributed by atoms with van der Waals surface area (Å²) in [5.41, 5.74) is 3.00. The number of aromatic nitrogens is 1. The van der Waals surface area contributed by atoms with E-state index in [0.717, 1.165) is 16.8 Å². The first-order chi connectivity index (χ1) is 16.2. The highest BCUT2D eigenvalue weighted by atomic mass is 16.8. The zero-order valence-electron chi connectivity index (χ0n) is 17.9. The fourth-order valence-corrected chi connectivity index (χ4v) is 4.24. The van der Waals surface area contributed by atoms with E-state index in [-0.39, 0.29) is 6.61 Å². The van der Waals surface area contributed by atoms with Gasteiger partial charge in [-0.2, -0.15) is 5.26 Å². The van der Waals surface area contributed by atoms with Gasteiger partial charge in [-0.3, -0.25) is 4.98 Å². The van der Waals surface area contributed by atoms with Crippen molar-refractivity contribution in [2.45, 2.75) is 43.4 Å². The van der Waals surface area contributed by atoms with Gasteiger partial charge in [0.05, 0.1) is 18.3 Å². The molecule has 7 heteroatoms. The van der Waals surface area contributed by atoms with Crippen LogP contribution in [0.4, 0.5) is 0 Å². The highest BCUT2D eigenvalue weighted by Gasteiger charge is 2.50. The quantitative estimate of drug-likeness (QED) is 0.644. The van der Waals surface area contributed by atoms with E-state index in [1.54, 1.807) is 12.3 Å². The number of nitriles is 1. The molecule has 5 rings (SSSR count). The van der Waals surface area contributed by atoms with Gasteiger partial charge in [0, 0.05) is 29.4 Å². The molecule has 0 bridgehead atoms. The van der Waals surface area contributed by atoms with Gasteiger partial charge in [-0.25, -0.2) is 0 Å². The Morgan fingerprint density at radius 2 is 1.33 bits per heavy atom. The number of hydrogen-bond acceptors (Lipinski definition) is 7. The number of aliphatic hydroxyl groups excluding tert-OH is 1. The van der Waals surface area contributed by atoms with E-state index in [4.69, 9.17) is 24.2 Å². The molecule has 3 aromatic rings. The summed E-state index contributed by atoms with van der Waals surface area (Å²) in [6, 6.07) is 24.9. The van der Waals surface area contributed by atoms with Crippen LogP contribution in [0.5, 0.6) is 0 Å². The lowest BCUT2D eigenvalue weighted by Gasteiger charge is -2.49. The zero-order valence-corrected chi connectivity index (χ0v) is 17.9. The molecule has 2 fully saturated rings. The maximum Gasteiger partial charge on any atom is 0.184 e. The Bertz CT molecular complexity index is 1090. The van der Waals surface area contributed by atoms with E-state index < -0.39 is 37.0 Å². The number of nitrogens with zero attached hydrogens (tertiary/aromatic N) is 2. The number of aliphatic hydroxyl groups is 1. The van der Waals surface area contributed by atoms with Crippen LogP contribution in [0, 0.1) is 11.3 Å². The molecule has 2 aliphatic rings. The van der Waals surface area contributed by atoms with Crippen molar-refractivity contribution in [2.75, 3.05) is 6.61 Å². The average molecular weight is 444 g/mol. The third-order valence-corrected chi connectivity index (χ3v) is 5.90. The highest BCUT2D eigenvalue weighted by Crippen LogP contribution is 2.41. The summed E-state index contributed by atoms with van der Waals surface area (Å²) < 4.78 is 25.1. The van der Waals surface area contributed by atoms with Crippen molar-refractivity contribution < 1.29 is 24.1 Å². The number of ether oxygens (including phenoxy) is 4. The second-order valence-electron chi connectivity index (χ2n) is 8.07. The maximum atomic E-state index is 10.1. The van der Waals surface area contributed by atoms with E-state index in [1.807, 2.05) is 66.7 Å².